The zero-order chi connectivity index (χ0) is 11.5. The molecule has 0 saturated heterocycles. The van der Waals surface area contributed by atoms with Crippen LogP contribution in [0.2, 0.25) is 0 Å². The maximum atomic E-state index is 12.3. The molecule has 0 unspecified atom stereocenters. The van der Waals surface area contributed by atoms with Gasteiger partial charge in [-0.3, -0.25) is 0 Å². The van der Waals surface area contributed by atoms with Crippen LogP contribution in [0.5, 0.6) is 0 Å². The largest absolute Gasteiger partial charge is 0.509 e. The first-order chi connectivity index (χ1) is 6.16. The summed E-state index contributed by atoms with van der Waals surface area (Å²) in [6.45, 7) is 9.25. The van der Waals surface area contributed by atoms with Crippen molar-refractivity contribution >= 4 is 0 Å². The summed E-state index contributed by atoms with van der Waals surface area (Å²) < 4.78 is 36.8. The summed E-state index contributed by atoms with van der Waals surface area (Å²) in [4.78, 5) is 0. The Balaban J connectivity index is 5.06. The molecule has 0 radical (unpaired) electrons. The molecule has 0 amide bonds. The molecule has 14 heavy (non-hydrogen) atoms. The average Bonchev–Trinajstić information content (AvgIpc) is 1.96. The summed E-state index contributed by atoms with van der Waals surface area (Å²) in [5.74, 6) is -0.771. The Hall–Kier alpha value is -1.19. The molecule has 0 aromatic carbocycles. The normalized spacial score (nSPS) is 13.1. The Morgan fingerprint density at radius 1 is 1.29 bits per heavy atom. The smallest absolute Gasteiger partial charge is 0.416 e. The standard InChI is InChI=1S/C10H13F3O/c1-6(2)9(5-7(3)14)8(4)10(11,12)13/h5-6,14H,3-4H2,1-2H3/b9-5-. The van der Waals surface area contributed by atoms with E-state index in [1.807, 2.05) is 0 Å². The first-order valence-corrected chi connectivity index (χ1v) is 4.02. The van der Waals surface area contributed by atoms with E-state index in [2.05, 4.69) is 13.2 Å². The fraction of sp³-hybridized carbons (Fsp3) is 0.400. The molecular formula is C10H13F3O. The molecule has 1 N–H and O–H groups in total. The molecule has 0 saturated carbocycles. The van der Waals surface area contributed by atoms with E-state index in [0.29, 0.717) is 0 Å². The van der Waals surface area contributed by atoms with Crippen LogP contribution in [0.15, 0.2) is 36.1 Å². The van der Waals surface area contributed by atoms with Crippen molar-refractivity contribution in [3.63, 3.8) is 0 Å². The van der Waals surface area contributed by atoms with Crippen LogP contribution in [0.4, 0.5) is 13.2 Å². The zero-order valence-corrected chi connectivity index (χ0v) is 8.15. The molecule has 0 heterocycles. The van der Waals surface area contributed by atoms with E-state index < -0.39 is 17.5 Å². The van der Waals surface area contributed by atoms with E-state index in [4.69, 9.17) is 5.11 Å². The van der Waals surface area contributed by atoms with Gasteiger partial charge in [-0.05, 0) is 17.6 Å². The molecule has 1 nitrogen and oxygen atoms in total. The highest BCUT2D eigenvalue weighted by Crippen LogP contribution is 2.33. The van der Waals surface area contributed by atoms with Gasteiger partial charge < -0.3 is 5.11 Å². The van der Waals surface area contributed by atoms with Crippen molar-refractivity contribution in [1.29, 1.82) is 0 Å². The maximum Gasteiger partial charge on any atom is 0.416 e. The quantitative estimate of drug-likeness (QED) is 0.550. The highest BCUT2D eigenvalue weighted by molar-refractivity contribution is 5.37. The van der Waals surface area contributed by atoms with Crippen molar-refractivity contribution in [3.8, 4) is 0 Å². The SMILES string of the molecule is C=C(O)/C=C(\C(=C)C(F)(F)F)C(C)C. The number of hydrogen-bond acceptors (Lipinski definition) is 1. The summed E-state index contributed by atoms with van der Waals surface area (Å²) in [5.41, 5.74) is -0.993. The van der Waals surface area contributed by atoms with E-state index in [1.165, 1.54) is 0 Å². The molecule has 0 aromatic rings. The third-order valence-electron chi connectivity index (χ3n) is 1.63. The number of hydrogen-bond donors (Lipinski definition) is 1. The number of allylic oxidation sites excluding steroid dienone is 3. The predicted octanol–water partition coefficient (Wildman–Crippen LogP) is 3.76. The predicted molar refractivity (Wildman–Crippen MR) is 49.9 cm³/mol. The molecule has 0 bridgehead atoms. The lowest BCUT2D eigenvalue weighted by Gasteiger charge is -2.16. The Morgan fingerprint density at radius 2 is 1.71 bits per heavy atom. The van der Waals surface area contributed by atoms with Gasteiger partial charge in [-0.1, -0.05) is 27.0 Å². The lowest BCUT2D eigenvalue weighted by molar-refractivity contribution is -0.0896. The van der Waals surface area contributed by atoms with Crippen LogP contribution >= 0.6 is 0 Å². The van der Waals surface area contributed by atoms with Crippen molar-refractivity contribution in [2.45, 2.75) is 20.0 Å². The van der Waals surface area contributed by atoms with Crippen LogP contribution in [-0.2, 0) is 0 Å². The second-order valence-electron chi connectivity index (χ2n) is 3.22. The zero-order valence-electron chi connectivity index (χ0n) is 8.15. The molecule has 0 aromatic heterocycles. The van der Waals surface area contributed by atoms with E-state index >= 15 is 0 Å². The van der Waals surface area contributed by atoms with Crippen LogP contribution in [0.3, 0.4) is 0 Å². The minimum absolute atomic E-state index is 0.0509. The fourth-order valence-electron chi connectivity index (χ4n) is 0.945. The number of halogens is 3. The third-order valence-corrected chi connectivity index (χ3v) is 1.63. The number of aliphatic hydroxyl groups excluding tert-OH is 1. The summed E-state index contributed by atoms with van der Waals surface area (Å²) in [6, 6.07) is 0. The summed E-state index contributed by atoms with van der Waals surface area (Å²) in [6.07, 6.45) is -3.48. The molecule has 0 aliphatic rings. The van der Waals surface area contributed by atoms with Gasteiger partial charge in [0.1, 0.15) is 5.76 Å². The first-order valence-electron chi connectivity index (χ1n) is 4.02. The van der Waals surface area contributed by atoms with Crippen LogP contribution in [-0.4, -0.2) is 11.3 Å². The molecule has 0 spiro atoms. The second-order valence-corrected chi connectivity index (χ2v) is 3.22. The molecule has 0 aliphatic carbocycles. The third kappa shape index (κ3) is 3.68. The summed E-state index contributed by atoms with van der Waals surface area (Å²) in [5, 5.41) is 8.81. The van der Waals surface area contributed by atoms with E-state index in [1.54, 1.807) is 13.8 Å². The van der Waals surface area contributed by atoms with Gasteiger partial charge in [-0.15, -0.1) is 0 Å². The second kappa shape index (κ2) is 4.35. The van der Waals surface area contributed by atoms with Crippen molar-refractivity contribution in [2.75, 3.05) is 0 Å². The molecule has 0 fully saturated rings. The van der Waals surface area contributed by atoms with Gasteiger partial charge in [0.05, 0.1) is 5.57 Å². The van der Waals surface area contributed by atoms with Crippen molar-refractivity contribution in [1.82, 2.24) is 0 Å². The van der Waals surface area contributed by atoms with Gasteiger partial charge in [-0.25, -0.2) is 0 Å². The van der Waals surface area contributed by atoms with E-state index in [-0.39, 0.29) is 11.5 Å². The molecular weight excluding hydrogens is 193 g/mol. The van der Waals surface area contributed by atoms with Crippen molar-refractivity contribution in [2.24, 2.45) is 5.92 Å². The van der Waals surface area contributed by atoms with Crippen molar-refractivity contribution < 1.29 is 18.3 Å². The minimum Gasteiger partial charge on any atom is -0.509 e. The Kier molecular flexibility index (Phi) is 3.98. The van der Waals surface area contributed by atoms with E-state index in [9.17, 15) is 13.2 Å². The Labute approximate surface area is 81.2 Å². The minimum atomic E-state index is -4.47. The van der Waals surface area contributed by atoms with E-state index in [0.717, 1.165) is 6.08 Å². The molecule has 0 atom stereocenters. The van der Waals surface area contributed by atoms with Gasteiger partial charge in [0.25, 0.3) is 0 Å². The first kappa shape index (κ1) is 12.8. The Bertz CT molecular complexity index is 272. The number of alkyl halides is 3. The summed E-state index contributed by atoms with van der Waals surface area (Å²) in [7, 11) is 0. The van der Waals surface area contributed by atoms with Crippen LogP contribution in [0.25, 0.3) is 0 Å². The lowest BCUT2D eigenvalue weighted by Crippen LogP contribution is -2.15. The molecule has 4 heteroatoms. The van der Waals surface area contributed by atoms with Gasteiger partial charge in [0.15, 0.2) is 0 Å². The Morgan fingerprint density at radius 3 is 1.93 bits per heavy atom. The fourth-order valence-corrected chi connectivity index (χ4v) is 0.945. The van der Waals surface area contributed by atoms with Gasteiger partial charge in [0.2, 0.25) is 0 Å². The van der Waals surface area contributed by atoms with Gasteiger partial charge >= 0.3 is 6.18 Å². The van der Waals surface area contributed by atoms with Crippen LogP contribution in [0.1, 0.15) is 13.8 Å². The number of rotatable bonds is 3. The summed E-state index contributed by atoms with van der Waals surface area (Å²) >= 11 is 0. The number of aliphatic hydroxyl groups is 1. The molecule has 0 rings (SSSR count). The van der Waals surface area contributed by atoms with Crippen molar-refractivity contribution in [3.05, 3.63) is 36.1 Å². The molecule has 0 aliphatic heterocycles. The monoisotopic (exact) mass is 206 g/mol. The maximum absolute atomic E-state index is 12.3. The van der Waals surface area contributed by atoms with Crippen LogP contribution in [0, 0.1) is 5.92 Å². The highest BCUT2D eigenvalue weighted by atomic mass is 19.4. The topological polar surface area (TPSA) is 20.2 Å². The van der Waals surface area contributed by atoms with Crippen LogP contribution < -0.4 is 0 Å². The molecule has 80 valence electrons. The van der Waals surface area contributed by atoms with Gasteiger partial charge in [-0.2, -0.15) is 13.2 Å². The van der Waals surface area contributed by atoms with Gasteiger partial charge in [0, 0.05) is 0 Å². The highest BCUT2D eigenvalue weighted by Gasteiger charge is 2.34. The lowest BCUT2D eigenvalue weighted by atomic mass is 9.95. The average molecular weight is 206 g/mol.